The van der Waals surface area contributed by atoms with E-state index in [1.807, 2.05) is 6.92 Å². The Balaban J connectivity index is 1.94. The van der Waals surface area contributed by atoms with Crippen LogP contribution in [0.25, 0.3) is 5.82 Å². The average Bonchev–Trinajstić information content (AvgIpc) is 3.02. The smallest absolute Gasteiger partial charge is 0.337 e. The zero-order chi connectivity index (χ0) is 17.3. The van der Waals surface area contributed by atoms with Crippen LogP contribution in [-0.4, -0.2) is 25.6 Å². The summed E-state index contributed by atoms with van der Waals surface area (Å²) >= 11 is 5.98. The van der Waals surface area contributed by atoms with Crippen molar-refractivity contribution >= 4 is 29.2 Å². The van der Waals surface area contributed by atoms with Crippen molar-refractivity contribution in [3.63, 3.8) is 0 Å². The molecule has 0 aliphatic carbocycles. The zero-order valence-electron chi connectivity index (χ0n) is 12.5. The van der Waals surface area contributed by atoms with E-state index in [4.69, 9.17) is 16.7 Å². The molecular formula is C16H12ClFN4O2. The molecule has 0 aliphatic rings. The average molecular weight is 347 g/mol. The number of carboxylic acids is 1. The largest absolute Gasteiger partial charge is 0.478 e. The van der Waals surface area contributed by atoms with Crippen LogP contribution in [0.1, 0.15) is 15.9 Å². The van der Waals surface area contributed by atoms with Gasteiger partial charge in [-0.1, -0.05) is 11.6 Å². The molecule has 1 aromatic carbocycles. The van der Waals surface area contributed by atoms with Gasteiger partial charge < -0.3 is 15.0 Å². The lowest BCUT2D eigenvalue weighted by atomic mass is 10.3. The molecular weight excluding hydrogens is 335 g/mol. The molecule has 2 N–H and O–H groups in total. The second-order valence-electron chi connectivity index (χ2n) is 5.06. The van der Waals surface area contributed by atoms with Crippen molar-refractivity contribution in [2.75, 3.05) is 5.32 Å². The highest BCUT2D eigenvalue weighted by Gasteiger charge is 2.11. The predicted molar refractivity (Wildman–Crippen MR) is 87.7 cm³/mol. The first kappa shape index (κ1) is 15.9. The second-order valence-corrected chi connectivity index (χ2v) is 5.47. The lowest BCUT2D eigenvalue weighted by Gasteiger charge is -2.10. The Bertz CT molecular complexity index is 926. The highest BCUT2D eigenvalue weighted by atomic mass is 35.5. The molecule has 0 bridgehead atoms. The Kier molecular flexibility index (Phi) is 4.18. The van der Waals surface area contributed by atoms with E-state index < -0.39 is 11.8 Å². The molecule has 2 aromatic heterocycles. The van der Waals surface area contributed by atoms with Gasteiger partial charge in [-0.3, -0.25) is 0 Å². The van der Waals surface area contributed by atoms with Gasteiger partial charge in [0.25, 0.3) is 0 Å². The molecule has 6 nitrogen and oxygen atoms in total. The quantitative estimate of drug-likeness (QED) is 0.751. The van der Waals surface area contributed by atoms with Gasteiger partial charge in [0.1, 0.15) is 11.6 Å². The van der Waals surface area contributed by atoms with E-state index in [0.29, 0.717) is 11.5 Å². The van der Waals surface area contributed by atoms with Crippen LogP contribution in [0.5, 0.6) is 0 Å². The molecule has 24 heavy (non-hydrogen) atoms. The van der Waals surface area contributed by atoms with Gasteiger partial charge in [-0.25, -0.2) is 14.2 Å². The van der Waals surface area contributed by atoms with E-state index in [-0.39, 0.29) is 16.5 Å². The standard InChI is InChI=1S/C16H12ClFN4O2/c1-9-7-19-16(20-13-3-2-11(18)6-12(13)17)21-14(9)22-5-4-10(8-22)15(23)24/h2-8H,1H3,(H,23,24)(H,19,20,21). The first-order valence-corrected chi connectivity index (χ1v) is 7.29. The van der Waals surface area contributed by atoms with Crippen LogP contribution in [0.2, 0.25) is 5.02 Å². The number of aryl methyl sites for hydroxylation is 1. The van der Waals surface area contributed by atoms with E-state index in [1.54, 1.807) is 17.0 Å². The van der Waals surface area contributed by atoms with Gasteiger partial charge in [0.05, 0.1) is 16.3 Å². The monoisotopic (exact) mass is 346 g/mol. The summed E-state index contributed by atoms with van der Waals surface area (Å²) in [5.74, 6) is -0.672. The Morgan fingerprint density at radius 2 is 2.17 bits per heavy atom. The van der Waals surface area contributed by atoms with Crippen molar-refractivity contribution in [3.8, 4) is 5.82 Å². The molecule has 0 fully saturated rings. The molecule has 0 radical (unpaired) electrons. The molecule has 3 rings (SSSR count). The lowest BCUT2D eigenvalue weighted by molar-refractivity contribution is 0.0697. The lowest BCUT2D eigenvalue weighted by Crippen LogP contribution is -2.04. The Morgan fingerprint density at radius 1 is 1.38 bits per heavy atom. The normalized spacial score (nSPS) is 10.6. The summed E-state index contributed by atoms with van der Waals surface area (Å²) < 4.78 is 14.7. The molecule has 0 saturated heterocycles. The maximum absolute atomic E-state index is 13.1. The van der Waals surface area contributed by atoms with Crippen molar-refractivity contribution in [1.29, 1.82) is 0 Å². The van der Waals surface area contributed by atoms with Crippen LogP contribution in [0.3, 0.4) is 0 Å². The Labute approximate surface area is 141 Å². The fraction of sp³-hybridized carbons (Fsp3) is 0.0625. The van der Waals surface area contributed by atoms with Crippen LogP contribution in [-0.2, 0) is 0 Å². The summed E-state index contributed by atoms with van der Waals surface area (Å²) in [7, 11) is 0. The second kappa shape index (κ2) is 6.29. The SMILES string of the molecule is Cc1cnc(Nc2ccc(F)cc2Cl)nc1-n1ccc(C(=O)O)c1. The number of halogens is 2. The number of carboxylic acid groups (broad SMARTS) is 1. The van der Waals surface area contributed by atoms with Crippen LogP contribution in [0.4, 0.5) is 16.0 Å². The minimum atomic E-state index is -1.02. The van der Waals surface area contributed by atoms with Crippen molar-refractivity contribution < 1.29 is 14.3 Å². The number of aromatic carboxylic acids is 1. The highest BCUT2D eigenvalue weighted by molar-refractivity contribution is 6.33. The van der Waals surface area contributed by atoms with Gasteiger partial charge in [0, 0.05) is 24.2 Å². The molecule has 0 atom stereocenters. The third kappa shape index (κ3) is 3.21. The maximum atomic E-state index is 13.1. The van der Waals surface area contributed by atoms with Gasteiger partial charge in [0.15, 0.2) is 0 Å². The molecule has 0 unspecified atom stereocenters. The first-order valence-electron chi connectivity index (χ1n) is 6.91. The third-order valence-corrected chi connectivity index (χ3v) is 3.62. The van der Waals surface area contributed by atoms with Gasteiger partial charge in [-0.05, 0) is 31.2 Å². The molecule has 8 heteroatoms. The molecule has 0 aliphatic heterocycles. The Hall–Kier alpha value is -2.93. The summed E-state index contributed by atoms with van der Waals surface area (Å²) in [5.41, 5.74) is 1.38. The van der Waals surface area contributed by atoms with Crippen LogP contribution in [0, 0.1) is 12.7 Å². The van der Waals surface area contributed by atoms with Crippen molar-refractivity contribution in [1.82, 2.24) is 14.5 Å². The van der Waals surface area contributed by atoms with E-state index in [1.165, 1.54) is 30.5 Å². The summed E-state index contributed by atoms with van der Waals surface area (Å²) in [6, 6.07) is 5.42. The fourth-order valence-electron chi connectivity index (χ4n) is 2.12. The maximum Gasteiger partial charge on any atom is 0.337 e. The number of carbonyl (C=O) groups is 1. The summed E-state index contributed by atoms with van der Waals surface area (Å²) in [4.78, 5) is 19.5. The summed E-state index contributed by atoms with van der Waals surface area (Å²) in [6.45, 7) is 1.81. The summed E-state index contributed by atoms with van der Waals surface area (Å²) in [6.07, 6.45) is 4.67. The number of hydrogen-bond donors (Lipinski definition) is 2. The van der Waals surface area contributed by atoms with E-state index in [2.05, 4.69) is 15.3 Å². The zero-order valence-corrected chi connectivity index (χ0v) is 13.3. The van der Waals surface area contributed by atoms with Crippen LogP contribution in [0.15, 0.2) is 42.9 Å². The molecule has 0 spiro atoms. The molecule has 2 heterocycles. The third-order valence-electron chi connectivity index (χ3n) is 3.31. The highest BCUT2D eigenvalue weighted by Crippen LogP contribution is 2.25. The number of rotatable bonds is 4. The number of benzene rings is 1. The van der Waals surface area contributed by atoms with E-state index in [9.17, 15) is 9.18 Å². The van der Waals surface area contributed by atoms with Gasteiger partial charge in [-0.2, -0.15) is 4.98 Å². The topological polar surface area (TPSA) is 80.0 Å². The number of aromatic nitrogens is 3. The number of anilines is 2. The number of nitrogens with one attached hydrogen (secondary N) is 1. The minimum absolute atomic E-state index is 0.157. The van der Waals surface area contributed by atoms with Crippen molar-refractivity contribution in [2.24, 2.45) is 0 Å². The predicted octanol–water partition coefficient (Wildman–Crippen LogP) is 3.81. The van der Waals surface area contributed by atoms with E-state index >= 15 is 0 Å². The van der Waals surface area contributed by atoms with Gasteiger partial charge >= 0.3 is 5.97 Å². The molecule has 3 aromatic rings. The number of nitrogens with zero attached hydrogens (tertiary/aromatic N) is 3. The van der Waals surface area contributed by atoms with Gasteiger partial charge in [-0.15, -0.1) is 0 Å². The molecule has 0 amide bonds. The van der Waals surface area contributed by atoms with E-state index in [0.717, 1.165) is 5.56 Å². The van der Waals surface area contributed by atoms with Crippen molar-refractivity contribution in [2.45, 2.75) is 6.92 Å². The van der Waals surface area contributed by atoms with Gasteiger partial charge in [0.2, 0.25) is 5.95 Å². The summed E-state index contributed by atoms with van der Waals surface area (Å²) in [5, 5.41) is 12.1. The van der Waals surface area contributed by atoms with Crippen LogP contribution >= 0.6 is 11.6 Å². The first-order chi connectivity index (χ1) is 11.4. The van der Waals surface area contributed by atoms with Crippen molar-refractivity contribution in [3.05, 3.63) is 64.8 Å². The molecule has 122 valence electrons. The Morgan fingerprint density at radius 3 is 2.83 bits per heavy atom. The molecule has 0 saturated carbocycles. The minimum Gasteiger partial charge on any atom is -0.478 e. The fourth-order valence-corrected chi connectivity index (χ4v) is 2.34. The van der Waals surface area contributed by atoms with Crippen LogP contribution < -0.4 is 5.32 Å². The number of hydrogen-bond acceptors (Lipinski definition) is 4.